The highest BCUT2D eigenvalue weighted by Crippen LogP contribution is 2.26. The summed E-state index contributed by atoms with van der Waals surface area (Å²) in [6.45, 7) is 0. The van der Waals surface area contributed by atoms with Gasteiger partial charge in [-0.05, 0) is 30.9 Å². The molecule has 1 aromatic rings. The molecule has 0 spiro atoms. The molecule has 1 aromatic carbocycles. The largest absolute Gasteiger partial charge is 0.411 e. The summed E-state index contributed by atoms with van der Waals surface area (Å²) in [6, 6.07) is 5.23. The predicted molar refractivity (Wildman–Crippen MR) is 57.9 cm³/mol. The molecule has 78 valence electrons. The molecule has 0 atom stereocenters. The van der Waals surface area contributed by atoms with Gasteiger partial charge in [0.2, 0.25) is 5.78 Å². The lowest BCUT2D eigenvalue weighted by molar-refractivity contribution is 0.106. The third-order valence-corrected chi connectivity index (χ3v) is 2.94. The summed E-state index contributed by atoms with van der Waals surface area (Å²) in [5.74, 6) is -0.215. The maximum Gasteiger partial charge on any atom is 0.210 e. The molecule has 0 saturated heterocycles. The number of halogens is 1. The molecule has 0 aromatic heterocycles. The van der Waals surface area contributed by atoms with Crippen LogP contribution in [0.3, 0.4) is 0 Å². The van der Waals surface area contributed by atoms with Crippen LogP contribution in [0, 0.1) is 0 Å². The molecule has 4 heteroatoms. The van der Waals surface area contributed by atoms with Crippen molar-refractivity contribution >= 4 is 23.1 Å². The van der Waals surface area contributed by atoms with Gasteiger partial charge in [0.05, 0.1) is 0 Å². The Hall–Kier alpha value is -1.35. The zero-order valence-corrected chi connectivity index (χ0v) is 8.79. The number of ketones is 1. The van der Waals surface area contributed by atoms with Gasteiger partial charge in [-0.2, -0.15) is 0 Å². The van der Waals surface area contributed by atoms with Gasteiger partial charge in [-0.3, -0.25) is 4.79 Å². The standard InChI is InChI=1S/C11H10ClNO2/c12-9-5-1-4-8-7(9)3-2-6-10(13-15)11(8)14/h1,4-5,15H,2-3,6H2/b13-10+. The summed E-state index contributed by atoms with van der Waals surface area (Å²) in [5.41, 5.74) is 1.65. The Bertz CT molecular complexity index is 440. The number of nitrogens with zero attached hydrogens (tertiary/aromatic N) is 1. The van der Waals surface area contributed by atoms with E-state index in [1.54, 1.807) is 18.2 Å². The maximum atomic E-state index is 11.9. The zero-order valence-electron chi connectivity index (χ0n) is 8.03. The van der Waals surface area contributed by atoms with Gasteiger partial charge < -0.3 is 5.21 Å². The molecule has 0 aliphatic heterocycles. The van der Waals surface area contributed by atoms with E-state index >= 15 is 0 Å². The number of oxime groups is 1. The smallest absolute Gasteiger partial charge is 0.210 e. The number of benzene rings is 1. The number of carbonyl (C=O) groups excluding carboxylic acids is 1. The lowest BCUT2D eigenvalue weighted by Gasteiger charge is -2.05. The first-order valence-corrected chi connectivity index (χ1v) is 5.15. The highest BCUT2D eigenvalue weighted by molar-refractivity contribution is 6.47. The van der Waals surface area contributed by atoms with Crippen molar-refractivity contribution in [1.82, 2.24) is 0 Å². The summed E-state index contributed by atoms with van der Waals surface area (Å²) in [6.07, 6.45) is 2.03. The van der Waals surface area contributed by atoms with Crippen LogP contribution in [-0.4, -0.2) is 16.7 Å². The van der Waals surface area contributed by atoms with Crippen molar-refractivity contribution in [3.8, 4) is 0 Å². The molecule has 0 bridgehead atoms. The third-order valence-electron chi connectivity index (χ3n) is 2.59. The molecule has 1 aliphatic rings. The summed E-state index contributed by atoms with van der Waals surface area (Å²) in [7, 11) is 0. The van der Waals surface area contributed by atoms with Crippen LogP contribution in [0.5, 0.6) is 0 Å². The summed E-state index contributed by atoms with van der Waals surface area (Å²) < 4.78 is 0. The number of hydrogen-bond acceptors (Lipinski definition) is 3. The number of fused-ring (bicyclic) bond motifs is 1. The highest BCUT2D eigenvalue weighted by Gasteiger charge is 2.22. The van der Waals surface area contributed by atoms with Gasteiger partial charge in [0.15, 0.2) is 0 Å². The normalized spacial score (nSPS) is 18.7. The second kappa shape index (κ2) is 4.03. The van der Waals surface area contributed by atoms with Gasteiger partial charge in [-0.25, -0.2) is 0 Å². The Kier molecular flexibility index (Phi) is 2.73. The van der Waals surface area contributed by atoms with Crippen LogP contribution in [0.25, 0.3) is 0 Å². The van der Waals surface area contributed by atoms with E-state index < -0.39 is 0 Å². The number of hydrogen-bond donors (Lipinski definition) is 1. The first-order chi connectivity index (χ1) is 7.24. The van der Waals surface area contributed by atoms with E-state index in [-0.39, 0.29) is 11.5 Å². The van der Waals surface area contributed by atoms with Crippen molar-refractivity contribution in [3.63, 3.8) is 0 Å². The van der Waals surface area contributed by atoms with Gasteiger partial charge in [0.25, 0.3) is 0 Å². The average molecular weight is 224 g/mol. The summed E-state index contributed by atoms with van der Waals surface area (Å²) in [5, 5.41) is 12.4. The zero-order chi connectivity index (χ0) is 10.8. The minimum Gasteiger partial charge on any atom is -0.411 e. The number of Topliss-reactive ketones (excluding diaryl/α,β-unsaturated/α-hetero) is 1. The number of carbonyl (C=O) groups is 1. The maximum absolute atomic E-state index is 11.9. The van der Waals surface area contributed by atoms with Crippen molar-refractivity contribution in [1.29, 1.82) is 0 Å². The fraction of sp³-hybridized carbons (Fsp3) is 0.273. The molecular weight excluding hydrogens is 214 g/mol. The topological polar surface area (TPSA) is 49.7 Å². The lowest BCUT2D eigenvalue weighted by Crippen LogP contribution is -2.13. The molecule has 0 unspecified atom stereocenters. The van der Waals surface area contributed by atoms with Gasteiger partial charge in [0, 0.05) is 10.6 Å². The fourth-order valence-corrected chi connectivity index (χ4v) is 2.09. The Labute approximate surface area is 92.4 Å². The van der Waals surface area contributed by atoms with E-state index in [2.05, 4.69) is 5.16 Å². The molecular formula is C11H10ClNO2. The molecule has 1 N–H and O–H groups in total. The SMILES string of the molecule is O=C1/C(=N/O)CCCc2c(Cl)cccc21. The highest BCUT2D eigenvalue weighted by atomic mass is 35.5. The molecule has 2 rings (SSSR count). The van der Waals surface area contributed by atoms with Crippen LogP contribution < -0.4 is 0 Å². The van der Waals surface area contributed by atoms with Crippen LogP contribution in [0.1, 0.15) is 28.8 Å². The Morgan fingerprint density at radius 2 is 2.13 bits per heavy atom. The van der Waals surface area contributed by atoms with Crippen molar-refractivity contribution in [2.24, 2.45) is 5.16 Å². The summed E-state index contributed by atoms with van der Waals surface area (Å²) >= 11 is 6.02. The minimum absolute atomic E-state index is 0.215. The van der Waals surface area contributed by atoms with Gasteiger partial charge in [-0.15, -0.1) is 0 Å². The molecule has 0 radical (unpaired) electrons. The van der Waals surface area contributed by atoms with E-state index in [4.69, 9.17) is 16.8 Å². The Morgan fingerprint density at radius 1 is 1.33 bits per heavy atom. The van der Waals surface area contributed by atoms with E-state index in [0.717, 1.165) is 18.4 Å². The Balaban J connectivity index is 2.57. The van der Waals surface area contributed by atoms with E-state index in [1.807, 2.05) is 0 Å². The molecule has 15 heavy (non-hydrogen) atoms. The van der Waals surface area contributed by atoms with Crippen molar-refractivity contribution in [2.75, 3.05) is 0 Å². The third kappa shape index (κ3) is 1.75. The van der Waals surface area contributed by atoms with Crippen molar-refractivity contribution < 1.29 is 10.0 Å². The summed E-state index contributed by atoms with van der Waals surface area (Å²) in [4.78, 5) is 11.9. The second-order valence-corrected chi connectivity index (χ2v) is 3.90. The van der Waals surface area contributed by atoms with Gasteiger partial charge >= 0.3 is 0 Å². The van der Waals surface area contributed by atoms with Crippen LogP contribution >= 0.6 is 11.6 Å². The van der Waals surface area contributed by atoms with Crippen LogP contribution in [-0.2, 0) is 6.42 Å². The lowest BCUT2D eigenvalue weighted by atomic mass is 10.0. The van der Waals surface area contributed by atoms with Gasteiger partial charge in [0.1, 0.15) is 5.71 Å². The van der Waals surface area contributed by atoms with Crippen LogP contribution in [0.4, 0.5) is 0 Å². The van der Waals surface area contributed by atoms with E-state index in [1.165, 1.54) is 0 Å². The van der Waals surface area contributed by atoms with Crippen LogP contribution in [0.2, 0.25) is 5.02 Å². The second-order valence-electron chi connectivity index (χ2n) is 3.50. The Morgan fingerprint density at radius 3 is 2.87 bits per heavy atom. The monoisotopic (exact) mass is 223 g/mol. The predicted octanol–water partition coefficient (Wildman–Crippen LogP) is 2.69. The fourth-order valence-electron chi connectivity index (χ4n) is 1.82. The first kappa shape index (κ1) is 10.2. The average Bonchev–Trinajstić information content (AvgIpc) is 2.40. The molecule has 0 fully saturated rings. The molecule has 0 saturated carbocycles. The van der Waals surface area contributed by atoms with E-state index in [0.29, 0.717) is 17.0 Å². The molecule has 0 amide bonds. The van der Waals surface area contributed by atoms with Crippen molar-refractivity contribution in [3.05, 3.63) is 34.3 Å². The molecule has 1 aliphatic carbocycles. The van der Waals surface area contributed by atoms with Gasteiger partial charge in [-0.1, -0.05) is 28.9 Å². The molecule has 0 heterocycles. The number of rotatable bonds is 0. The van der Waals surface area contributed by atoms with Crippen molar-refractivity contribution in [2.45, 2.75) is 19.3 Å². The minimum atomic E-state index is -0.215. The molecule has 3 nitrogen and oxygen atoms in total. The van der Waals surface area contributed by atoms with Crippen LogP contribution in [0.15, 0.2) is 23.4 Å². The first-order valence-electron chi connectivity index (χ1n) is 4.77. The quantitative estimate of drug-likeness (QED) is 0.418. The van der Waals surface area contributed by atoms with E-state index in [9.17, 15) is 4.79 Å².